The van der Waals surface area contributed by atoms with E-state index in [2.05, 4.69) is 6.92 Å². The van der Waals surface area contributed by atoms with Crippen molar-refractivity contribution < 1.29 is 9.53 Å². The van der Waals surface area contributed by atoms with Crippen molar-refractivity contribution in [2.75, 3.05) is 0 Å². The molecule has 1 fully saturated rings. The van der Waals surface area contributed by atoms with E-state index in [-0.39, 0.29) is 23.9 Å². The standard InChI is InChI=1S/C9H16O2/c1-5-6(2)9(10)8(4)11-7(5)3/h5-8H,1-4H3/t5-,6+,7+,8+/m1/s1. The van der Waals surface area contributed by atoms with E-state index in [9.17, 15) is 4.79 Å². The molecule has 0 radical (unpaired) electrons. The molecule has 0 bridgehead atoms. The molecular formula is C9H16O2. The van der Waals surface area contributed by atoms with Crippen LogP contribution in [0.4, 0.5) is 0 Å². The molecular weight excluding hydrogens is 140 g/mol. The van der Waals surface area contributed by atoms with Gasteiger partial charge < -0.3 is 4.74 Å². The van der Waals surface area contributed by atoms with Crippen LogP contribution in [0, 0.1) is 11.8 Å². The van der Waals surface area contributed by atoms with Crippen LogP contribution in [0.3, 0.4) is 0 Å². The lowest BCUT2D eigenvalue weighted by molar-refractivity contribution is -0.152. The molecule has 1 rings (SSSR count). The third-order valence-corrected chi connectivity index (χ3v) is 2.80. The molecule has 2 heteroatoms. The first-order valence-electron chi connectivity index (χ1n) is 4.23. The van der Waals surface area contributed by atoms with Crippen molar-refractivity contribution in [3.05, 3.63) is 0 Å². The molecule has 0 N–H and O–H groups in total. The predicted octanol–water partition coefficient (Wildman–Crippen LogP) is 1.63. The van der Waals surface area contributed by atoms with Crippen molar-refractivity contribution in [1.29, 1.82) is 0 Å². The number of carbonyl (C=O) groups excluding carboxylic acids is 1. The molecule has 0 unspecified atom stereocenters. The van der Waals surface area contributed by atoms with Crippen LogP contribution >= 0.6 is 0 Å². The fourth-order valence-corrected chi connectivity index (χ4v) is 1.55. The molecule has 0 aliphatic carbocycles. The van der Waals surface area contributed by atoms with Gasteiger partial charge in [0.2, 0.25) is 0 Å². The molecule has 4 atom stereocenters. The highest BCUT2D eigenvalue weighted by atomic mass is 16.5. The maximum absolute atomic E-state index is 11.4. The molecule has 0 amide bonds. The van der Waals surface area contributed by atoms with Crippen LogP contribution in [0.1, 0.15) is 27.7 Å². The van der Waals surface area contributed by atoms with Gasteiger partial charge in [0.15, 0.2) is 5.78 Å². The largest absolute Gasteiger partial charge is 0.367 e. The second-order valence-corrected chi connectivity index (χ2v) is 3.53. The zero-order valence-electron chi connectivity index (χ0n) is 7.63. The summed E-state index contributed by atoms with van der Waals surface area (Å²) in [6.45, 7) is 7.92. The summed E-state index contributed by atoms with van der Waals surface area (Å²) in [6, 6.07) is 0. The monoisotopic (exact) mass is 156 g/mol. The zero-order chi connectivity index (χ0) is 8.59. The van der Waals surface area contributed by atoms with E-state index in [4.69, 9.17) is 4.74 Å². The summed E-state index contributed by atoms with van der Waals surface area (Å²) in [6.07, 6.45) is 0.0221. The van der Waals surface area contributed by atoms with E-state index in [1.165, 1.54) is 0 Å². The minimum absolute atomic E-state index is 0.161. The van der Waals surface area contributed by atoms with E-state index in [0.29, 0.717) is 5.92 Å². The lowest BCUT2D eigenvalue weighted by atomic mass is 9.83. The molecule has 2 nitrogen and oxygen atoms in total. The Hall–Kier alpha value is -0.370. The van der Waals surface area contributed by atoms with Crippen LogP contribution in [-0.2, 0) is 9.53 Å². The summed E-state index contributed by atoms with van der Waals surface area (Å²) in [7, 11) is 0. The third-order valence-electron chi connectivity index (χ3n) is 2.80. The van der Waals surface area contributed by atoms with Crippen molar-refractivity contribution in [1.82, 2.24) is 0 Å². The van der Waals surface area contributed by atoms with Crippen molar-refractivity contribution in [2.45, 2.75) is 39.9 Å². The molecule has 1 aliphatic rings. The number of ketones is 1. The van der Waals surface area contributed by atoms with Gasteiger partial charge >= 0.3 is 0 Å². The maximum atomic E-state index is 11.4. The Morgan fingerprint density at radius 1 is 1.18 bits per heavy atom. The van der Waals surface area contributed by atoms with Gasteiger partial charge in [-0.3, -0.25) is 4.79 Å². The number of rotatable bonds is 0. The quantitative estimate of drug-likeness (QED) is 0.533. The van der Waals surface area contributed by atoms with Crippen LogP contribution in [0.5, 0.6) is 0 Å². The third kappa shape index (κ3) is 1.45. The Labute approximate surface area is 67.9 Å². The maximum Gasteiger partial charge on any atom is 0.164 e. The fraction of sp³-hybridized carbons (Fsp3) is 0.889. The highest BCUT2D eigenvalue weighted by molar-refractivity contribution is 5.85. The van der Waals surface area contributed by atoms with Crippen LogP contribution in [0.15, 0.2) is 0 Å². The Kier molecular flexibility index (Phi) is 2.33. The highest BCUT2D eigenvalue weighted by Crippen LogP contribution is 2.26. The molecule has 64 valence electrons. The second kappa shape index (κ2) is 2.94. The normalized spacial score (nSPS) is 46.0. The summed E-state index contributed by atoms with van der Waals surface area (Å²) in [5.74, 6) is 0.767. The Balaban J connectivity index is 2.70. The van der Waals surface area contributed by atoms with Crippen molar-refractivity contribution in [3.8, 4) is 0 Å². The van der Waals surface area contributed by atoms with Gasteiger partial charge in [0.05, 0.1) is 6.10 Å². The number of carbonyl (C=O) groups is 1. The second-order valence-electron chi connectivity index (χ2n) is 3.53. The SMILES string of the molecule is C[C@H]1[C@H](C)O[C@@H](C)C(=O)[C@H]1C. The Morgan fingerprint density at radius 2 is 1.73 bits per heavy atom. The topological polar surface area (TPSA) is 26.3 Å². The summed E-state index contributed by atoms with van der Waals surface area (Å²) >= 11 is 0. The number of Topliss-reactive ketones (excluding diaryl/α,β-unsaturated/α-hetero) is 1. The molecule has 0 aromatic heterocycles. The van der Waals surface area contributed by atoms with Gasteiger partial charge in [-0.05, 0) is 19.8 Å². The zero-order valence-corrected chi connectivity index (χ0v) is 7.63. The number of hydrogen-bond acceptors (Lipinski definition) is 2. The average Bonchev–Trinajstić information content (AvgIpc) is 1.97. The molecule has 0 aromatic rings. The van der Waals surface area contributed by atoms with E-state index >= 15 is 0 Å². The van der Waals surface area contributed by atoms with Crippen LogP contribution in [0.25, 0.3) is 0 Å². The lowest BCUT2D eigenvalue weighted by Crippen LogP contribution is -2.43. The molecule has 1 aliphatic heterocycles. The summed E-state index contributed by atoms with van der Waals surface area (Å²) in [4.78, 5) is 11.4. The molecule has 1 saturated heterocycles. The van der Waals surface area contributed by atoms with Gasteiger partial charge in [0, 0.05) is 5.92 Å². The molecule has 0 saturated carbocycles. The average molecular weight is 156 g/mol. The van der Waals surface area contributed by atoms with E-state index in [0.717, 1.165) is 0 Å². The summed E-state index contributed by atoms with van der Waals surface area (Å²) < 4.78 is 5.43. The predicted molar refractivity (Wildman–Crippen MR) is 43.3 cm³/mol. The van der Waals surface area contributed by atoms with E-state index < -0.39 is 0 Å². The van der Waals surface area contributed by atoms with Gasteiger partial charge in [-0.25, -0.2) is 0 Å². The molecule has 0 spiro atoms. The summed E-state index contributed by atoms with van der Waals surface area (Å²) in [5.41, 5.74) is 0. The molecule has 0 aromatic carbocycles. The molecule has 1 heterocycles. The van der Waals surface area contributed by atoms with Gasteiger partial charge in [-0.15, -0.1) is 0 Å². The number of ether oxygens (including phenoxy) is 1. The first kappa shape index (κ1) is 8.72. The van der Waals surface area contributed by atoms with Gasteiger partial charge in [0.1, 0.15) is 6.10 Å². The smallest absolute Gasteiger partial charge is 0.164 e. The Bertz CT molecular complexity index is 165. The fourth-order valence-electron chi connectivity index (χ4n) is 1.55. The number of hydrogen-bond donors (Lipinski definition) is 0. The highest BCUT2D eigenvalue weighted by Gasteiger charge is 2.35. The van der Waals surface area contributed by atoms with E-state index in [1.807, 2.05) is 20.8 Å². The van der Waals surface area contributed by atoms with Crippen LogP contribution < -0.4 is 0 Å². The van der Waals surface area contributed by atoms with Crippen LogP contribution in [-0.4, -0.2) is 18.0 Å². The minimum Gasteiger partial charge on any atom is -0.367 e. The van der Waals surface area contributed by atoms with E-state index in [1.54, 1.807) is 0 Å². The van der Waals surface area contributed by atoms with Crippen molar-refractivity contribution in [3.63, 3.8) is 0 Å². The first-order valence-corrected chi connectivity index (χ1v) is 4.23. The Morgan fingerprint density at radius 3 is 2.27 bits per heavy atom. The minimum atomic E-state index is -0.198. The van der Waals surface area contributed by atoms with Crippen molar-refractivity contribution in [2.24, 2.45) is 11.8 Å². The van der Waals surface area contributed by atoms with Gasteiger partial charge in [0.25, 0.3) is 0 Å². The van der Waals surface area contributed by atoms with Gasteiger partial charge in [-0.2, -0.15) is 0 Å². The first-order chi connectivity index (χ1) is 5.04. The molecule has 11 heavy (non-hydrogen) atoms. The lowest BCUT2D eigenvalue weighted by Gasteiger charge is -2.34. The van der Waals surface area contributed by atoms with Gasteiger partial charge in [-0.1, -0.05) is 13.8 Å². The van der Waals surface area contributed by atoms with Crippen molar-refractivity contribution >= 4 is 5.78 Å². The summed E-state index contributed by atoms with van der Waals surface area (Å²) in [5, 5.41) is 0. The van der Waals surface area contributed by atoms with Crippen LogP contribution in [0.2, 0.25) is 0 Å².